The van der Waals surface area contributed by atoms with E-state index in [2.05, 4.69) is 35.2 Å². The van der Waals surface area contributed by atoms with Gasteiger partial charge in [-0.05, 0) is 44.4 Å². The number of rotatable bonds is 6. The molecule has 4 nitrogen and oxygen atoms in total. The Balaban J connectivity index is 1.39. The maximum atomic E-state index is 5.78. The predicted octanol–water partition coefficient (Wildman–Crippen LogP) is 2.42. The Bertz CT molecular complexity index is 518. The van der Waals surface area contributed by atoms with Crippen LogP contribution in [0.2, 0.25) is 0 Å². The second kappa shape index (κ2) is 6.39. The van der Waals surface area contributed by atoms with E-state index in [1.807, 2.05) is 18.2 Å². The molecule has 1 aromatic carbocycles. The van der Waals surface area contributed by atoms with Crippen LogP contribution in [-0.2, 0) is 6.54 Å². The van der Waals surface area contributed by atoms with Crippen molar-refractivity contribution in [2.75, 3.05) is 13.1 Å². The Labute approximate surface area is 119 Å². The Kier molecular flexibility index (Phi) is 4.35. The van der Waals surface area contributed by atoms with Crippen molar-refractivity contribution in [1.29, 1.82) is 0 Å². The highest BCUT2D eigenvalue weighted by atomic mass is 16.3. The first-order valence-electron chi connectivity index (χ1n) is 7.49. The van der Waals surface area contributed by atoms with Crippen LogP contribution in [0.4, 0.5) is 0 Å². The van der Waals surface area contributed by atoms with Crippen molar-refractivity contribution in [2.45, 2.75) is 32.4 Å². The number of hydrazine groups is 1. The van der Waals surface area contributed by atoms with Crippen molar-refractivity contribution in [3.63, 3.8) is 0 Å². The third-order valence-corrected chi connectivity index (χ3v) is 4.11. The molecule has 1 aliphatic rings. The fraction of sp³-hybridized carbons (Fsp3) is 0.500. The Morgan fingerprint density at radius 3 is 3.05 bits per heavy atom. The van der Waals surface area contributed by atoms with Crippen LogP contribution in [-0.4, -0.2) is 19.1 Å². The minimum absolute atomic E-state index is 0.588. The lowest BCUT2D eigenvalue weighted by Gasteiger charge is -2.13. The van der Waals surface area contributed by atoms with Gasteiger partial charge in [-0.25, -0.2) is 0 Å². The zero-order chi connectivity index (χ0) is 13.8. The number of hydrogen-bond donors (Lipinski definition) is 3. The van der Waals surface area contributed by atoms with Gasteiger partial charge in [-0.1, -0.05) is 18.2 Å². The quantitative estimate of drug-likeness (QED) is 0.708. The summed E-state index contributed by atoms with van der Waals surface area (Å²) in [5.41, 5.74) is 7.46. The average molecular weight is 273 g/mol. The maximum absolute atomic E-state index is 5.78. The summed E-state index contributed by atoms with van der Waals surface area (Å²) in [7, 11) is 0. The van der Waals surface area contributed by atoms with Crippen LogP contribution in [0.25, 0.3) is 11.0 Å². The topological polar surface area (TPSA) is 49.2 Å². The number of nitrogens with one attached hydrogen (secondary N) is 3. The molecule has 0 radical (unpaired) electrons. The van der Waals surface area contributed by atoms with E-state index in [0.717, 1.165) is 36.9 Å². The first-order valence-corrected chi connectivity index (χ1v) is 7.49. The lowest BCUT2D eigenvalue weighted by atomic mass is 9.98. The van der Waals surface area contributed by atoms with Gasteiger partial charge in [0.05, 0.1) is 6.54 Å². The summed E-state index contributed by atoms with van der Waals surface area (Å²) in [5.74, 6) is 1.77. The van der Waals surface area contributed by atoms with E-state index in [4.69, 9.17) is 4.42 Å². The van der Waals surface area contributed by atoms with Gasteiger partial charge in [-0.15, -0.1) is 0 Å². The highest BCUT2D eigenvalue weighted by Gasteiger charge is 2.21. The number of furan rings is 1. The molecular formula is C16H23N3O. The third kappa shape index (κ3) is 3.20. The highest BCUT2D eigenvalue weighted by molar-refractivity contribution is 5.77. The molecule has 108 valence electrons. The maximum Gasteiger partial charge on any atom is 0.134 e. The van der Waals surface area contributed by atoms with E-state index in [0.29, 0.717) is 6.04 Å². The number of benzene rings is 1. The van der Waals surface area contributed by atoms with E-state index in [1.165, 1.54) is 18.2 Å². The SMILES string of the molecule is CC1NNCC1CCCNCc1cc2ccccc2o1. The van der Waals surface area contributed by atoms with Crippen molar-refractivity contribution in [3.05, 3.63) is 36.1 Å². The van der Waals surface area contributed by atoms with E-state index >= 15 is 0 Å². The summed E-state index contributed by atoms with van der Waals surface area (Å²) in [6.45, 7) is 5.18. The minimum atomic E-state index is 0.588. The van der Waals surface area contributed by atoms with Gasteiger partial charge in [0.1, 0.15) is 11.3 Å². The number of para-hydroxylation sites is 1. The smallest absolute Gasteiger partial charge is 0.134 e. The van der Waals surface area contributed by atoms with Crippen molar-refractivity contribution in [3.8, 4) is 0 Å². The molecule has 4 heteroatoms. The number of fused-ring (bicyclic) bond motifs is 1. The first-order chi connectivity index (χ1) is 9.83. The molecule has 3 N–H and O–H groups in total. The molecule has 1 saturated heterocycles. The summed E-state index contributed by atoms with van der Waals surface area (Å²) in [6, 6.07) is 10.9. The lowest BCUT2D eigenvalue weighted by molar-refractivity contribution is 0.433. The van der Waals surface area contributed by atoms with Crippen LogP contribution in [0.5, 0.6) is 0 Å². The molecule has 2 atom stereocenters. The van der Waals surface area contributed by atoms with Gasteiger partial charge >= 0.3 is 0 Å². The largest absolute Gasteiger partial charge is 0.460 e. The van der Waals surface area contributed by atoms with E-state index in [-0.39, 0.29) is 0 Å². The summed E-state index contributed by atoms with van der Waals surface area (Å²) in [6.07, 6.45) is 2.47. The average Bonchev–Trinajstić information content (AvgIpc) is 3.04. The van der Waals surface area contributed by atoms with Gasteiger partial charge in [0.2, 0.25) is 0 Å². The standard InChI is InChI=1S/C16H23N3O/c1-12-14(10-18-19-12)6-4-8-17-11-15-9-13-5-2-3-7-16(13)20-15/h2-3,5,7,9,12,14,17-19H,4,6,8,10-11H2,1H3. The van der Waals surface area contributed by atoms with Crippen LogP contribution in [0.1, 0.15) is 25.5 Å². The van der Waals surface area contributed by atoms with E-state index in [9.17, 15) is 0 Å². The highest BCUT2D eigenvalue weighted by Crippen LogP contribution is 2.18. The van der Waals surface area contributed by atoms with Gasteiger partial charge in [0.25, 0.3) is 0 Å². The van der Waals surface area contributed by atoms with Crippen molar-refractivity contribution < 1.29 is 4.42 Å². The van der Waals surface area contributed by atoms with Crippen LogP contribution in [0.3, 0.4) is 0 Å². The summed E-state index contributed by atoms with van der Waals surface area (Å²) in [5, 5.41) is 4.65. The normalized spacial score (nSPS) is 22.6. The van der Waals surface area contributed by atoms with Gasteiger partial charge in [0.15, 0.2) is 0 Å². The summed E-state index contributed by atoms with van der Waals surface area (Å²) in [4.78, 5) is 0. The van der Waals surface area contributed by atoms with Gasteiger partial charge in [0, 0.05) is 18.0 Å². The van der Waals surface area contributed by atoms with Gasteiger partial charge < -0.3 is 9.73 Å². The zero-order valence-corrected chi connectivity index (χ0v) is 12.0. The van der Waals surface area contributed by atoms with Crippen LogP contribution in [0.15, 0.2) is 34.7 Å². The fourth-order valence-electron chi connectivity index (χ4n) is 2.82. The number of hydrogen-bond acceptors (Lipinski definition) is 4. The van der Waals surface area contributed by atoms with Crippen molar-refractivity contribution >= 4 is 11.0 Å². The molecule has 3 rings (SSSR count). The second-order valence-corrected chi connectivity index (χ2v) is 5.64. The molecule has 0 spiro atoms. The third-order valence-electron chi connectivity index (χ3n) is 4.11. The Hall–Kier alpha value is -1.36. The molecular weight excluding hydrogens is 250 g/mol. The molecule has 0 saturated carbocycles. The molecule has 2 unspecified atom stereocenters. The van der Waals surface area contributed by atoms with Crippen molar-refractivity contribution in [2.24, 2.45) is 5.92 Å². The Morgan fingerprint density at radius 1 is 1.35 bits per heavy atom. The van der Waals surface area contributed by atoms with Crippen LogP contribution >= 0.6 is 0 Å². The van der Waals surface area contributed by atoms with Crippen molar-refractivity contribution in [1.82, 2.24) is 16.2 Å². The lowest BCUT2D eigenvalue weighted by Crippen LogP contribution is -2.28. The van der Waals surface area contributed by atoms with E-state index < -0.39 is 0 Å². The van der Waals surface area contributed by atoms with E-state index in [1.54, 1.807) is 0 Å². The molecule has 2 aromatic rings. The zero-order valence-electron chi connectivity index (χ0n) is 12.0. The molecule has 20 heavy (non-hydrogen) atoms. The molecule has 2 heterocycles. The molecule has 1 fully saturated rings. The molecule has 0 amide bonds. The summed E-state index contributed by atoms with van der Waals surface area (Å²) < 4.78 is 5.78. The first kappa shape index (κ1) is 13.6. The van der Waals surface area contributed by atoms with Gasteiger partial charge in [-0.2, -0.15) is 0 Å². The van der Waals surface area contributed by atoms with Crippen LogP contribution in [0, 0.1) is 5.92 Å². The Morgan fingerprint density at radius 2 is 2.25 bits per heavy atom. The second-order valence-electron chi connectivity index (χ2n) is 5.64. The molecule has 1 aromatic heterocycles. The molecule has 0 aliphatic carbocycles. The minimum Gasteiger partial charge on any atom is -0.460 e. The fourth-order valence-corrected chi connectivity index (χ4v) is 2.82. The molecule has 0 bridgehead atoms. The molecule has 1 aliphatic heterocycles. The predicted molar refractivity (Wildman–Crippen MR) is 81.2 cm³/mol. The monoisotopic (exact) mass is 273 g/mol. The summed E-state index contributed by atoms with van der Waals surface area (Å²) >= 11 is 0. The van der Waals surface area contributed by atoms with Crippen LogP contribution < -0.4 is 16.2 Å². The van der Waals surface area contributed by atoms with Gasteiger partial charge in [-0.3, -0.25) is 10.9 Å².